The number of anilines is 1. The van der Waals surface area contributed by atoms with Gasteiger partial charge < -0.3 is 10.1 Å². The minimum Gasteiger partial charge on any atom is -0.490 e. The number of benzene rings is 2. The maximum absolute atomic E-state index is 12.9. The number of hydrogen-bond acceptors (Lipinski definition) is 5. The molecule has 1 aliphatic rings. The van der Waals surface area contributed by atoms with Crippen LogP contribution in [0.4, 0.5) is 5.82 Å². The van der Waals surface area contributed by atoms with E-state index in [0.29, 0.717) is 24.8 Å². The lowest BCUT2D eigenvalue weighted by Crippen LogP contribution is -2.25. The average molecular weight is 452 g/mol. The molecule has 0 bridgehead atoms. The number of amides is 1. The predicted octanol–water partition coefficient (Wildman–Crippen LogP) is 4.99. The number of ether oxygens (including phenoxy) is 1. The van der Waals surface area contributed by atoms with Crippen LogP contribution in [0.1, 0.15) is 34.9 Å². The minimum absolute atomic E-state index is 0.0744. The first kappa shape index (κ1) is 21.6. The summed E-state index contributed by atoms with van der Waals surface area (Å²) in [7, 11) is 0. The van der Waals surface area contributed by atoms with Gasteiger partial charge in [-0.1, -0.05) is 55.1 Å². The van der Waals surface area contributed by atoms with Crippen LogP contribution in [0.3, 0.4) is 0 Å². The fourth-order valence-corrected chi connectivity index (χ4v) is 4.34. The highest BCUT2D eigenvalue weighted by molar-refractivity contribution is 5.96. The number of nitrogens with one attached hydrogen (secondary N) is 1. The molecule has 0 saturated carbocycles. The zero-order valence-corrected chi connectivity index (χ0v) is 19.2. The first-order valence-electron chi connectivity index (χ1n) is 11.2. The molecule has 1 aliphatic heterocycles. The summed E-state index contributed by atoms with van der Waals surface area (Å²) in [5, 5.41) is 7.96. The largest absolute Gasteiger partial charge is 0.490 e. The van der Waals surface area contributed by atoms with Gasteiger partial charge >= 0.3 is 0 Å². The monoisotopic (exact) mass is 451 g/mol. The molecule has 4 aromatic rings. The molecule has 0 saturated heterocycles. The van der Waals surface area contributed by atoms with Crippen molar-refractivity contribution in [3.63, 3.8) is 0 Å². The molecule has 0 aliphatic carbocycles. The minimum atomic E-state index is -0.174. The Bertz CT molecular complexity index is 1340. The van der Waals surface area contributed by atoms with Crippen molar-refractivity contribution in [2.24, 2.45) is 0 Å². The van der Waals surface area contributed by atoms with Gasteiger partial charge in [-0.25, -0.2) is 9.97 Å². The molecule has 1 atom stereocenters. The smallest absolute Gasteiger partial charge is 0.252 e. The lowest BCUT2D eigenvalue weighted by atomic mass is 9.84. The second-order valence-corrected chi connectivity index (χ2v) is 8.31. The zero-order chi connectivity index (χ0) is 23.7. The fraction of sp³-hybridized carbons (Fsp3) is 0.185. The second-order valence-electron chi connectivity index (χ2n) is 8.31. The molecule has 0 spiro atoms. The van der Waals surface area contributed by atoms with Gasteiger partial charge in [0.1, 0.15) is 18.2 Å². The highest BCUT2D eigenvalue weighted by atomic mass is 16.5. The Labute approximate surface area is 198 Å². The number of hydrogen-bond donors (Lipinski definition) is 1. The van der Waals surface area contributed by atoms with E-state index in [1.165, 1.54) is 0 Å². The number of nitrogens with zero attached hydrogens (tertiary/aromatic N) is 4. The number of fused-ring (bicyclic) bond motifs is 1. The highest BCUT2D eigenvalue weighted by Crippen LogP contribution is 2.43. The lowest BCUT2D eigenvalue weighted by molar-refractivity contribution is -0.116. The van der Waals surface area contributed by atoms with Crippen LogP contribution in [-0.4, -0.2) is 32.3 Å². The summed E-state index contributed by atoms with van der Waals surface area (Å²) < 4.78 is 7.29. The summed E-state index contributed by atoms with van der Waals surface area (Å²) in [5.74, 6) is 1.55. The highest BCUT2D eigenvalue weighted by Gasteiger charge is 2.35. The van der Waals surface area contributed by atoms with Crippen molar-refractivity contribution < 1.29 is 9.53 Å². The van der Waals surface area contributed by atoms with Gasteiger partial charge in [-0.15, -0.1) is 0 Å². The second kappa shape index (κ2) is 8.94. The third-order valence-electron chi connectivity index (χ3n) is 5.78. The van der Waals surface area contributed by atoms with Crippen molar-refractivity contribution in [1.82, 2.24) is 19.7 Å². The summed E-state index contributed by atoms with van der Waals surface area (Å²) in [6.45, 7) is 7.97. The van der Waals surface area contributed by atoms with E-state index in [1.54, 1.807) is 10.8 Å². The van der Waals surface area contributed by atoms with Crippen molar-refractivity contribution in [1.29, 1.82) is 0 Å². The van der Waals surface area contributed by atoms with E-state index in [2.05, 4.69) is 21.9 Å². The summed E-state index contributed by atoms with van der Waals surface area (Å²) in [6, 6.07) is 19.7. The van der Waals surface area contributed by atoms with Crippen molar-refractivity contribution in [2.45, 2.75) is 26.2 Å². The molecule has 3 heterocycles. The van der Waals surface area contributed by atoms with Crippen LogP contribution >= 0.6 is 0 Å². The maximum Gasteiger partial charge on any atom is 0.252 e. The van der Waals surface area contributed by atoms with Gasteiger partial charge in [-0.05, 0) is 37.6 Å². The van der Waals surface area contributed by atoms with Crippen molar-refractivity contribution in [2.75, 3.05) is 11.9 Å². The summed E-state index contributed by atoms with van der Waals surface area (Å²) >= 11 is 0. The molecular weight excluding hydrogens is 426 g/mol. The number of aryl methyl sites for hydroxylation is 2. The molecule has 1 amide bonds. The summed E-state index contributed by atoms with van der Waals surface area (Å²) in [6.07, 6.45) is 2.03. The molecule has 2 aromatic carbocycles. The first-order chi connectivity index (χ1) is 16.5. The standard InChI is InChI=1S/C27H25N5O2/c1-4-14-34-21-12-10-19(11-13-21)22-16-23(33)30-26-24(22)25(20-8-6-5-7-9-20)31-32(26)27-28-17(2)15-18(3)29-27/h4-13,15,22H,1,14,16H2,2-3H3,(H,30,33). The molecule has 2 aromatic heterocycles. The Morgan fingerprint density at radius 1 is 1.09 bits per heavy atom. The molecule has 5 rings (SSSR count). The van der Waals surface area contributed by atoms with Crippen LogP contribution in [0.25, 0.3) is 17.2 Å². The van der Waals surface area contributed by atoms with E-state index in [4.69, 9.17) is 9.84 Å². The van der Waals surface area contributed by atoms with Crippen molar-refractivity contribution >= 4 is 11.7 Å². The van der Waals surface area contributed by atoms with Gasteiger partial charge in [-0.3, -0.25) is 4.79 Å². The van der Waals surface area contributed by atoms with Crippen LogP contribution in [0.2, 0.25) is 0 Å². The fourth-order valence-electron chi connectivity index (χ4n) is 4.34. The van der Waals surface area contributed by atoms with Crippen LogP contribution in [0, 0.1) is 13.8 Å². The average Bonchev–Trinajstić information content (AvgIpc) is 3.22. The third-order valence-corrected chi connectivity index (χ3v) is 5.78. The topological polar surface area (TPSA) is 81.9 Å². The Kier molecular flexibility index (Phi) is 5.67. The molecule has 7 nitrogen and oxygen atoms in total. The van der Waals surface area contributed by atoms with Gasteiger partial charge in [-0.2, -0.15) is 9.78 Å². The van der Waals surface area contributed by atoms with Gasteiger partial charge in [0.05, 0.1) is 5.69 Å². The Balaban J connectivity index is 1.69. The van der Waals surface area contributed by atoms with Crippen LogP contribution in [-0.2, 0) is 4.79 Å². The molecule has 1 unspecified atom stereocenters. The van der Waals surface area contributed by atoms with E-state index in [1.807, 2.05) is 74.5 Å². The number of aromatic nitrogens is 4. The van der Waals surface area contributed by atoms with Crippen molar-refractivity contribution in [3.8, 4) is 23.0 Å². The van der Waals surface area contributed by atoms with E-state index in [0.717, 1.165) is 39.5 Å². The number of carbonyl (C=O) groups is 1. The van der Waals surface area contributed by atoms with E-state index >= 15 is 0 Å². The molecule has 170 valence electrons. The van der Waals surface area contributed by atoms with Crippen LogP contribution in [0.5, 0.6) is 5.75 Å². The van der Waals surface area contributed by atoms with E-state index in [9.17, 15) is 4.79 Å². The predicted molar refractivity (Wildman–Crippen MR) is 131 cm³/mol. The summed E-state index contributed by atoms with van der Waals surface area (Å²) in [4.78, 5) is 22.0. The normalized spacial score (nSPS) is 14.9. The zero-order valence-electron chi connectivity index (χ0n) is 19.2. The molecule has 0 fully saturated rings. The molecule has 0 radical (unpaired) electrons. The van der Waals surface area contributed by atoms with Gasteiger partial charge in [0.25, 0.3) is 5.95 Å². The van der Waals surface area contributed by atoms with Gasteiger partial charge in [0, 0.05) is 34.9 Å². The Morgan fingerprint density at radius 2 is 1.79 bits per heavy atom. The quantitative estimate of drug-likeness (QED) is 0.418. The summed E-state index contributed by atoms with van der Waals surface area (Å²) in [5.41, 5.74) is 5.40. The maximum atomic E-state index is 12.9. The van der Waals surface area contributed by atoms with E-state index < -0.39 is 0 Å². The molecule has 7 heteroatoms. The number of carbonyl (C=O) groups excluding carboxylic acids is 1. The lowest BCUT2D eigenvalue weighted by Gasteiger charge is -2.24. The Hall–Kier alpha value is -4.26. The van der Waals surface area contributed by atoms with E-state index in [-0.39, 0.29) is 11.8 Å². The molecular formula is C27H25N5O2. The van der Waals surface area contributed by atoms with Crippen LogP contribution < -0.4 is 10.1 Å². The van der Waals surface area contributed by atoms with Gasteiger partial charge in [0.15, 0.2) is 0 Å². The number of rotatable bonds is 6. The molecule has 34 heavy (non-hydrogen) atoms. The third kappa shape index (κ3) is 4.08. The SMILES string of the molecule is C=CCOc1ccc(C2CC(=O)Nc3c2c(-c2ccccc2)nn3-c2nc(C)cc(C)n2)cc1. The van der Waals surface area contributed by atoms with Gasteiger partial charge in [0.2, 0.25) is 5.91 Å². The Morgan fingerprint density at radius 3 is 2.47 bits per heavy atom. The molecule has 1 N–H and O–H groups in total. The van der Waals surface area contributed by atoms with Crippen LogP contribution in [0.15, 0.2) is 73.3 Å². The first-order valence-corrected chi connectivity index (χ1v) is 11.2. The van der Waals surface area contributed by atoms with Crippen molar-refractivity contribution in [3.05, 3.63) is 95.8 Å².